The third-order valence-corrected chi connectivity index (χ3v) is 3.63. The van der Waals surface area contributed by atoms with Gasteiger partial charge in [-0.05, 0) is 30.6 Å². The molecule has 4 heteroatoms. The quantitative estimate of drug-likeness (QED) is 0.760. The van der Waals surface area contributed by atoms with Crippen molar-refractivity contribution in [3.63, 3.8) is 0 Å². The van der Waals surface area contributed by atoms with Crippen molar-refractivity contribution < 1.29 is 19.8 Å². The van der Waals surface area contributed by atoms with Crippen LogP contribution in [0.4, 0.5) is 0 Å². The highest BCUT2D eigenvalue weighted by Gasteiger charge is 2.42. The summed E-state index contributed by atoms with van der Waals surface area (Å²) in [7, 11) is 0. The molecular weight excluding hydrogens is 208 g/mol. The Morgan fingerprint density at radius 3 is 2.00 bits per heavy atom. The Balaban J connectivity index is 2.86. The van der Waals surface area contributed by atoms with Crippen molar-refractivity contribution in [2.24, 2.45) is 23.2 Å². The third kappa shape index (κ3) is 2.74. The summed E-state index contributed by atoms with van der Waals surface area (Å²) in [4.78, 5) is 22.1. The third-order valence-electron chi connectivity index (χ3n) is 3.63. The highest BCUT2D eigenvalue weighted by atomic mass is 16.4. The molecule has 0 heterocycles. The lowest BCUT2D eigenvalue weighted by Crippen LogP contribution is -2.40. The zero-order chi connectivity index (χ0) is 12.5. The maximum absolute atomic E-state index is 11.1. The van der Waals surface area contributed by atoms with Crippen molar-refractivity contribution in [2.75, 3.05) is 0 Å². The first-order chi connectivity index (χ1) is 7.23. The van der Waals surface area contributed by atoms with Crippen LogP contribution in [-0.2, 0) is 9.59 Å². The molecule has 0 amide bonds. The molecule has 0 radical (unpaired) electrons. The van der Waals surface area contributed by atoms with Gasteiger partial charge < -0.3 is 10.2 Å². The van der Waals surface area contributed by atoms with Crippen molar-refractivity contribution >= 4 is 11.9 Å². The van der Waals surface area contributed by atoms with Gasteiger partial charge in [-0.25, -0.2) is 0 Å². The zero-order valence-corrected chi connectivity index (χ0v) is 10.1. The van der Waals surface area contributed by atoms with Crippen LogP contribution < -0.4 is 0 Å². The van der Waals surface area contributed by atoms with Crippen LogP contribution >= 0.6 is 0 Å². The monoisotopic (exact) mass is 228 g/mol. The lowest BCUT2D eigenvalue weighted by atomic mass is 9.63. The molecule has 1 aliphatic rings. The summed E-state index contributed by atoms with van der Waals surface area (Å²) in [6.45, 7) is 5.95. The standard InChI is InChI=1S/C12H20O4/c1-12(2,3)9-6-7(10(13)14)4-5-8(9)11(15)16/h7-9H,4-6H2,1-3H3,(H,13,14)(H,15,16). The van der Waals surface area contributed by atoms with Gasteiger partial charge in [-0.3, -0.25) is 9.59 Å². The molecule has 3 atom stereocenters. The normalized spacial score (nSPS) is 31.1. The van der Waals surface area contributed by atoms with E-state index in [1.54, 1.807) is 0 Å². The predicted octanol–water partition coefficient (Wildman–Crippen LogP) is 2.23. The van der Waals surface area contributed by atoms with Crippen LogP contribution in [0.15, 0.2) is 0 Å². The summed E-state index contributed by atoms with van der Waals surface area (Å²) < 4.78 is 0. The van der Waals surface area contributed by atoms with Crippen LogP contribution in [0.5, 0.6) is 0 Å². The summed E-state index contributed by atoms with van der Waals surface area (Å²) >= 11 is 0. The first-order valence-electron chi connectivity index (χ1n) is 5.69. The first kappa shape index (κ1) is 13.0. The van der Waals surface area contributed by atoms with E-state index in [0.29, 0.717) is 19.3 Å². The first-order valence-corrected chi connectivity index (χ1v) is 5.69. The second-order valence-corrected chi connectivity index (χ2v) is 5.77. The van der Waals surface area contributed by atoms with Crippen molar-refractivity contribution in [1.82, 2.24) is 0 Å². The minimum Gasteiger partial charge on any atom is -0.481 e. The van der Waals surface area contributed by atoms with Gasteiger partial charge in [0, 0.05) is 0 Å². The molecule has 1 aliphatic carbocycles. The van der Waals surface area contributed by atoms with Gasteiger partial charge in [-0.15, -0.1) is 0 Å². The molecule has 0 aromatic carbocycles. The minimum atomic E-state index is -0.793. The van der Waals surface area contributed by atoms with Crippen molar-refractivity contribution in [1.29, 1.82) is 0 Å². The predicted molar refractivity (Wildman–Crippen MR) is 59.0 cm³/mol. The van der Waals surface area contributed by atoms with Gasteiger partial charge in [0.2, 0.25) is 0 Å². The second-order valence-electron chi connectivity index (χ2n) is 5.77. The molecule has 1 rings (SSSR count). The van der Waals surface area contributed by atoms with E-state index < -0.39 is 17.9 Å². The highest BCUT2D eigenvalue weighted by Crippen LogP contribution is 2.44. The van der Waals surface area contributed by atoms with E-state index in [0.717, 1.165) is 0 Å². The van der Waals surface area contributed by atoms with E-state index in [1.165, 1.54) is 0 Å². The molecule has 0 saturated heterocycles. The fraction of sp³-hybridized carbons (Fsp3) is 0.833. The van der Waals surface area contributed by atoms with Gasteiger partial charge in [0.05, 0.1) is 11.8 Å². The number of hydrogen-bond acceptors (Lipinski definition) is 2. The summed E-state index contributed by atoms with van der Waals surface area (Å²) in [5.41, 5.74) is -0.156. The lowest BCUT2D eigenvalue weighted by molar-refractivity contribution is -0.153. The van der Waals surface area contributed by atoms with E-state index in [-0.39, 0.29) is 17.3 Å². The molecule has 0 aliphatic heterocycles. The van der Waals surface area contributed by atoms with Crippen LogP contribution in [0.25, 0.3) is 0 Å². The largest absolute Gasteiger partial charge is 0.481 e. The SMILES string of the molecule is CC(C)(C)C1CC(C(=O)O)CCC1C(=O)O. The molecule has 3 unspecified atom stereocenters. The van der Waals surface area contributed by atoms with E-state index in [9.17, 15) is 9.59 Å². The number of hydrogen-bond donors (Lipinski definition) is 2. The number of carboxylic acid groups (broad SMARTS) is 2. The Morgan fingerprint density at radius 1 is 1.06 bits per heavy atom. The van der Waals surface area contributed by atoms with E-state index in [4.69, 9.17) is 10.2 Å². The molecule has 1 saturated carbocycles. The molecule has 0 spiro atoms. The Bertz CT molecular complexity index is 290. The second kappa shape index (κ2) is 4.44. The van der Waals surface area contributed by atoms with Gasteiger partial charge in [-0.1, -0.05) is 20.8 Å². The lowest BCUT2D eigenvalue weighted by Gasteiger charge is -2.40. The van der Waals surface area contributed by atoms with Crippen molar-refractivity contribution in [3.05, 3.63) is 0 Å². The molecule has 1 fully saturated rings. The zero-order valence-electron chi connectivity index (χ0n) is 10.1. The molecule has 2 N–H and O–H groups in total. The molecule has 92 valence electrons. The number of carboxylic acids is 2. The maximum atomic E-state index is 11.1. The number of aliphatic carboxylic acids is 2. The summed E-state index contributed by atoms with van der Waals surface area (Å²) in [6, 6.07) is 0. The Labute approximate surface area is 95.7 Å². The maximum Gasteiger partial charge on any atom is 0.306 e. The molecule has 0 bridgehead atoms. The average molecular weight is 228 g/mol. The van der Waals surface area contributed by atoms with Crippen LogP contribution in [0.2, 0.25) is 0 Å². The molecule has 16 heavy (non-hydrogen) atoms. The van der Waals surface area contributed by atoms with Gasteiger partial charge >= 0.3 is 11.9 Å². The van der Waals surface area contributed by atoms with E-state index >= 15 is 0 Å². The Hall–Kier alpha value is -1.06. The Morgan fingerprint density at radius 2 is 1.62 bits per heavy atom. The van der Waals surface area contributed by atoms with Crippen molar-refractivity contribution in [2.45, 2.75) is 40.0 Å². The molecular formula is C12H20O4. The summed E-state index contributed by atoms with van der Waals surface area (Å²) in [6.07, 6.45) is 1.45. The van der Waals surface area contributed by atoms with Gasteiger partial charge in [0.1, 0.15) is 0 Å². The average Bonchev–Trinajstić information content (AvgIpc) is 2.15. The Kier molecular flexibility index (Phi) is 3.61. The topological polar surface area (TPSA) is 74.6 Å². The summed E-state index contributed by atoms with van der Waals surface area (Å²) in [5.74, 6) is -2.41. The fourth-order valence-electron chi connectivity index (χ4n) is 2.65. The number of rotatable bonds is 2. The molecule has 0 aromatic heterocycles. The van der Waals surface area contributed by atoms with Gasteiger partial charge in [0.25, 0.3) is 0 Å². The van der Waals surface area contributed by atoms with Gasteiger partial charge in [-0.2, -0.15) is 0 Å². The van der Waals surface area contributed by atoms with Gasteiger partial charge in [0.15, 0.2) is 0 Å². The van der Waals surface area contributed by atoms with Crippen LogP contribution in [0.1, 0.15) is 40.0 Å². The summed E-state index contributed by atoms with van der Waals surface area (Å²) in [5, 5.41) is 18.1. The fourth-order valence-corrected chi connectivity index (χ4v) is 2.65. The number of carbonyl (C=O) groups is 2. The van der Waals surface area contributed by atoms with Crippen LogP contribution in [0.3, 0.4) is 0 Å². The smallest absolute Gasteiger partial charge is 0.306 e. The molecule has 4 nitrogen and oxygen atoms in total. The highest BCUT2D eigenvalue weighted by molar-refractivity contribution is 5.73. The minimum absolute atomic E-state index is 0.0557. The van der Waals surface area contributed by atoms with Crippen molar-refractivity contribution in [3.8, 4) is 0 Å². The van der Waals surface area contributed by atoms with Crippen LogP contribution in [0, 0.1) is 23.2 Å². The van der Waals surface area contributed by atoms with E-state index in [2.05, 4.69) is 0 Å². The molecule has 0 aromatic rings. The van der Waals surface area contributed by atoms with E-state index in [1.807, 2.05) is 20.8 Å². The van der Waals surface area contributed by atoms with Crippen LogP contribution in [-0.4, -0.2) is 22.2 Å².